The van der Waals surface area contributed by atoms with Crippen LogP contribution in [0, 0.1) is 13.8 Å². The van der Waals surface area contributed by atoms with Crippen LogP contribution >= 0.6 is 0 Å². The molecule has 0 unspecified atom stereocenters. The number of furan rings is 1. The van der Waals surface area contributed by atoms with E-state index in [9.17, 15) is 0 Å². The molecular weight excluding hydrogens is 741 g/mol. The Labute approximate surface area is 356 Å². The molecule has 0 N–H and O–H groups in total. The Morgan fingerprint density at radius 2 is 0.639 bits per heavy atom. The van der Waals surface area contributed by atoms with E-state index < -0.39 is 0 Å². The van der Waals surface area contributed by atoms with Gasteiger partial charge in [-0.2, -0.15) is 0 Å². The van der Waals surface area contributed by atoms with Crippen LogP contribution < -0.4 is 9.80 Å². The molecule has 0 bridgehead atoms. The van der Waals surface area contributed by atoms with Gasteiger partial charge in [0.1, 0.15) is 11.2 Å². The van der Waals surface area contributed by atoms with Crippen LogP contribution in [0.4, 0.5) is 34.1 Å². The molecule has 11 rings (SSSR count). The van der Waals surface area contributed by atoms with E-state index in [0.29, 0.717) is 0 Å². The van der Waals surface area contributed by atoms with Crippen LogP contribution in [0.2, 0.25) is 0 Å². The lowest BCUT2D eigenvalue weighted by atomic mass is 9.96. The molecule has 0 radical (unpaired) electrons. The molecule has 3 heteroatoms. The molecule has 0 spiro atoms. The molecule has 0 aliphatic heterocycles. The summed E-state index contributed by atoms with van der Waals surface area (Å²) in [6, 6.07) is 78.5. The van der Waals surface area contributed by atoms with E-state index in [0.717, 1.165) is 88.7 Å². The molecule has 11 aromatic rings. The number of anilines is 6. The van der Waals surface area contributed by atoms with Crippen molar-refractivity contribution in [3.05, 3.63) is 230 Å². The van der Waals surface area contributed by atoms with Gasteiger partial charge < -0.3 is 14.2 Å². The largest absolute Gasteiger partial charge is 0.456 e. The predicted molar refractivity (Wildman–Crippen MR) is 258 cm³/mol. The number of fused-ring (bicyclic) bond motifs is 7. The molecular formula is C58H42N2O. The fourth-order valence-corrected chi connectivity index (χ4v) is 9.13. The molecule has 0 saturated carbocycles. The van der Waals surface area contributed by atoms with Crippen LogP contribution in [-0.2, 0) is 0 Å². The first-order valence-corrected chi connectivity index (χ1v) is 20.9. The van der Waals surface area contributed by atoms with Crippen molar-refractivity contribution in [3.8, 4) is 22.3 Å². The summed E-state index contributed by atoms with van der Waals surface area (Å²) >= 11 is 0. The summed E-state index contributed by atoms with van der Waals surface area (Å²) < 4.78 is 7.17. The van der Waals surface area contributed by atoms with Gasteiger partial charge in [-0.25, -0.2) is 0 Å². The zero-order valence-corrected chi connectivity index (χ0v) is 34.1. The standard InChI is InChI=1S/C58H42N2O/c1-39-17-13-25-45(33-39)59(47-27-15-23-43(35-47)41-19-5-3-6-20-41)53-37-55-57(51-31-11-9-29-49(51)53)58-52-32-12-10-30-50(52)54(38-56(58)61-55)60(46-26-14-18-40(2)34-46)48-28-16-24-44(36-48)42-21-7-4-8-22-42/h3-38H,1-2H3. The lowest BCUT2D eigenvalue weighted by Gasteiger charge is -2.28. The molecule has 3 nitrogen and oxygen atoms in total. The van der Waals surface area contributed by atoms with Gasteiger partial charge in [0.2, 0.25) is 0 Å². The third kappa shape index (κ3) is 6.48. The second-order valence-electron chi connectivity index (χ2n) is 15.9. The molecule has 290 valence electrons. The minimum absolute atomic E-state index is 0.844. The number of nitrogens with zero attached hydrogens (tertiary/aromatic N) is 2. The number of rotatable bonds is 8. The van der Waals surface area contributed by atoms with E-state index >= 15 is 0 Å². The number of benzene rings is 10. The Kier molecular flexibility index (Phi) is 8.94. The van der Waals surface area contributed by atoms with Crippen LogP contribution in [0.15, 0.2) is 223 Å². The normalized spacial score (nSPS) is 11.4. The Morgan fingerprint density at radius 3 is 1.05 bits per heavy atom. The molecule has 1 heterocycles. The maximum Gasteiger partial charge on any atom is 0.138 e. The summed E-state index contributed by atoms with van der Waals surface area (Å²) in [5, 5.41) is 6.83. The lowest BCUT2D eigenvalue weighted by molar-refractivity contribution is 0.669. The van der Waals surface area contributed by atoms with Gasteiger partial charge in [0, 0.05) is 56.4 Å². The molecule has 0 atom stereocenters. The molecule has 0 saturated heterocycles. The minimum atomic E-state index is 0.844. The van der Waals surface area contributed by atoms with Crippen molar-refractivity contribution in [2.45, 2.75) is 13.8 Å². The Bertz CT molecular complexity index is 3180. The third-order valence-electron chi connectivity index (χ3n) is 11.9. The highest BCUT2D eigenvalue weighted by molar-refractivity contribution is 6.30. The van der Waals surface area contributed by atoms with E-state index in [1.165, 1.54) is 22.3 Å². The van der Waals surface area contributed by atoms with Gasteiger partial charge in [-0.05, 0) is 107 Å². The lowest BCUT2D eigenvalue weighted by Crippen LogP contribution is -2.11. The first-order chi connectivity index (χ1) is 30.1. The molecule has 61 heavy (non-hydrogen) atoms. The number of hydrogen-bond acceptors (Lipinski definition) is 3. The predicted octanol–water partition coefficient (Wildman–Crippen LogP) is 16.8. The van der Waals surface area contributed by atoms with Crippen molar-refractivity contribution in [2.75, 3.05) is 9.80 Å². The van der Waals surface area contributed by atoms with Crippen molar-refractivity contribution in [1.82, 2.24) is 0 Å². The van der Waals surface area contributed by atoms with Crippen molar-refractivity contribution >= 4 is 77.6 Å². The van der Waals surface area contributed by atoms with Gasteiger partial charge in [-0.15, -0.1) is 0 Å². The fourth-order valence-electron chi connectivity index (χ4n) is 9.13. The fraction of sp³-hybridized carbons (Fsp3) is 0.0345. The topological polar surface area (TPSA) is 19.6 Å². The quantitative estimate of drug-likeness (QED) is 0.153. The zero-order valence-electron chi connectivity index (χ0n) is 34.1. The van der Waals surface area contributed by atoms with E-state index in [4.69, 9.17) is 4.42 Å². The van der Waals surface area contributed by atoms with Crippen molar-refractivity contribution in [2.24, 2.45) is 0 Å². The smallest absolute Gasteiger partial charge is 0.138 e. The van der Waals surface area contributed by atoms with Crippen LogP contribution in [-0.4, -0.2) is 0 Å². The first-order valence-electron chi connectivity index (χ1n) is 20.9. The number of aryl methyl sites for hydroxylation is 2. The highest BCUT2D eigenvalue weighted by Crippen LogP contribution is 2.49. The monoisotopic (exact) mass is 782 g/mol. The van der Waals surface area contributed by atoms with Crippen LogP contribution in [0.25, 0.3) is 65.7 Å². The summed E-state index contributed by atoms with van der Waals surface area (Å²) in [5.41, 5.74) is 15.2. The van der Waals surface area contributed by atoms with Gasteiger partial charge in [-0.1, -0.05) is 158 Å². The van der Waals surface area contributed by atoms with E-state index in [1.807, 2.05) is 0 Å². The summed E-state index contributed by atoms with van der Waals surface area (Å²) in [7, 11) is 0. The van der Waals surface area contributed by atoms with Gasteiger partial charge in [0.15, 0.2) is 0 Å². The second kappa shape index (κ2) is 15.1. The van der Waals surface area contributed by atoms with Gasteiger partial charge >= 0.3 is 0 Å². The zero-order chi connectivity index (χ0) is 40.9. The highest BCUT2D eigenvalue weighted by atomic mass is 16.3. The van der Waals surface area contributed by atoms with Crippen LogP contribution in [0.3, 0.4) is 0 Å². The summed E-state index contributed by atoms with van der Waals surface area (Å²) in [6.45, 7) is 4.31. The van der Waals surface area contributed by atoms with Gasteiger partial charge in [0.05, 0.1) is 11.4 Å². The molecule has 10 aromatic carbocycles. The SMILES string of the molecule is Cc1cccc(N(c2cccc(-c3ccccc3)c2)c2cc3oc4cc(N(c5cccc(C)c5)c5cccc(-c6ccccc6)c5)c5ccccc5c4c3c3ccccc23)c1. The summed E-state index contributed by atoms with van der Waals surface area (Å²) in [4.78, 5) is 4.77. The Balaban J connectivity index is 1.17. The Morgan fingerprint density at radius 1 is 0.295 bits per heavy atom. The average Bonchev–Trinajstić information content (AvgIpc) is 3.69. The minimum Gasteiger partial charge on any atom is -0.456 e. The second-order valence-corrected chi connectivity index (χ2v) is 15.9. The van der Waals surface area contributed by atoms with Crippen LogP contribution in [0.1, 0.15) is 11.1 Å². The first kappa shape index (κ1) is 36.2. The van der Waals surface area contributed by atoms with Crippen LogP contribution in [0.5, 0.6) is 0 Å². The average molecular weight is 783 g/mol. The molecule has 0 aliphatic rings. The summed E-state index contributed by atoms with van der Waals surface area (Å²) in [5.74, 6) is 0. The van der Waals surface area contributed by atoms with Crippen molar-refractivity contribution in [3.63, 3.8) is 0 Å². The maximum absolute atomic E-state index is 7.17. The van der Waals surface area contributed by atoms with E-state index in [1.54, 1.807) is 0 Å². The van der Waals surface area contributed by atoms with Gasteiger partial charge in [0.25, 0.3) is 0 Å². The van der Waals surface area contributed by atoms with E-state index in [2.05, 4.69) is 242 Å². The summed E-state index contributed by atoms with van der Waals surface area (Å²) in [6.07, 6.45) is 0. The molecule has 1 aromatic heterocycles. The van der Waals surface area contributed by atoms with Gasteiger partial charge in [-0.3, -0.25) is 0 Å². The maximum atomic E-state index is 7.17. The highest BCUT2D eigenvalue weighted by Gasteiger charge is 2.24. The van der Waals surface area contributed by atoms with E-state index in [-0.39, 0.29) is 0 Å². The van der Waals surface area contributed by atoms with Crippen molar-refractivity contribution < 1.29 is 4.42 Å². The Hall–Kier alpha value is -7.88. The third-order valence-corrected chi connectivity index (χ3v) is 11.9. The van der Waals surface area contributed by atoms with Crippen molar-refractivity contribution in [1.29, 1.82) is 0 Å². The molecule has 0 amide bonds. The molecule has 0 fully saturated rings. The molecule has 0 aliphatic carbocycles. The number of hydrogen-bond donors (Lipinski definition) is 0.